The molecule has 0 radical (unpaired) electrons. The smallest absolute Gasteiger partial charge is 0.314 e. The number of hydrogen-bond donors (Lipinski definition) is 1. The third-order valence-electron chi connectivity index (χ3n) is 3.39. The number of ether oxygens (including phenoxy) is 3. The fourth-order valence-electron chi connectivity index (χ4n) is 2.19. The zero-order valence-corrected chi connectivity index (χ0v) is 15.2. The van der Waals surface area contributed by atoms with Gasteiger partial charge in [0.15, 0.2) is 5.75 Å². The van der Waals surface area contributed by atoms with E-state index in [2.05, 4.69) is 4.72 Å². The van der Waals surface area contributed by atoms with Crippen LogP contribution in [-0.2, 0) is 10.0 Å². The lowest BCUT2D eigenvalue weighted by Gasteiger charge is -2.13. The first-order chi connectivity index (χ1) is 12.3. The monoisotopic (exact) mass is 382 g/mol. The Labute approximate surface area is 150 Å². The lowest BCUT2D eigenvalue weighted by molar-refractivity contribution is -0.385. The van der Waals surface area contributed by atoms with Gasteiger partial charge in [0.2, 0.25) is 0 Å². The summed E-state index contributed by atoms with van der Waals surface area (Å²) in [4.78, 5) is 10.4. The number of benzene rings is 2. The molecule has 1 N–H and O–H groups in total. The molecule has 9 nitrogen and oxygen atoms in total. The van der Waals surface area contributed by atoms with Crippen LogP contribution < -0.4 is 18.9 Å². The fraction of sp³-hybridized carbons (Fsp3) is 0.250. The van der Waals surface area contributed by atoms with Crippen molar-refractivity contribution in [1.29, 1.82) is 0 Å². The van der Waals surface area contributed by atoms with Crippen molar-refractivity contribution in [2.75, 3.05) is 25.5 Å². The maximum absolute atomic E-state index is 12.6. The van der Waals surface area contributed by atoms with Crippen molar-refractivity contribution in [1.82, 2.24) is 0 Å². The summed E-state index contributed by atoms with van der Waals surface area (Å²) >= 11 is 0. The third-order valence-corrected chi connectivity index (χ3v) is 4.77. The van der Waals surface area contributed by atoms with Crippen LogP contribution in [0.3, 0.4) is 0 Å². The summed E-state index contributed by atoms with van der Waals surface area (Å²) in [5, 5.41) is 11.1. The molecule has 0 heterocycles. The number of nitro benzene ring substituents is 1. The normalized spacial score (nSPS) is 10.9. The van der Waals surface area contributed by atoms with E-state index in [0.29, 0.717) is 12.4 Å². The molecule has 0 aliphatic rings. The van der Waals surface area contributed by atoms with Gasteiger partial charge >= 0.3 is 5.69 Å². The summed E-state index contributed by atoms with van der Waals surface area (Å²) in [6, 6.07) is 8.14. The Morgan fingerprint density at radius 1 is 1.08 bits per heavy atom. The Kier molecular flexibility index (Phi) is 5.88. The predicted octanol–water partition coefficient (Wildman–Crippen LogP) is 2.81. The molecule has 0 saturated heterocycles. The topological polar surface area (TPSA) is 117 Å². The first-order valence-corrected chi connectivity index (χ1v) is 8.96. The molecule has 0 amide bonds. The van der Waals surface area contributed by atoms with Gasteiger partial charge in [-0.2, -0.15) is 0 Å². The van der Waals surface area contributed by atoms with Crippen molar-refractivity contribution in [2.24, 2.45) is 0 Å². The summed E-state index contributed by atoms with van der Waals surface area (Å²) in [6.07, 6.45) is 0. The summed E-state index contributed by atoms with van der Waals surface area (Å²) < 4.78 is 42.8. The lowest BCUT2D eigenvalue weighted by atomic mass is 10.2. The van der Waals surface area contributed by atoms with Crippen molar-refractivity contribution in [2.45, 2.75) is 11.8 Å². The van der Waals surface area contributed by atoms with Gasteiger partial charge in [0.1, 0.15) is 11.5 Å². The SMILES string of the molecule is CCOc1ccc(S(=O)(=O)Nc2cc(OC)c([N+](=O)[O-])cc2OC)cc1. The van der Waals surface area contributed by atoms with Gasteiger partial charge in [-0.3, -0.25) is 14.8 Å². The molecule has 140 valence electrons. The molecule has 0 aliphatic carbocycles. The summed E-state index contributed by atoms with van der Waals surface area (Å²) in [6.45, 7) is 2.28. The molecule has 10 heteroatoms. The molecular formula is C16H18N2O7S. The predicted molar refractivity (Wildman–Crippen MR) is 94.6 cm³/mol. The van der Waals surface area contributed by atoms with Crippen LogP contribution in [0, 0.1) is 10.1 Å². The number of anilines is 1. The minimum atomic E-state index is -3.95. The highest BCUT2D eigenvalue weighted by atomic mass is 32.2. The number of sulfonamides is 1. The molecule has 2 aromatic carbocycles. The number of methoxy groups -OCH3 is 2. The van der Waals surface area contributed by atoms with E-state index in [4.69, 9.17) is 14.2 Å². The molecule has 0 bridgehead atoms. The number of nitro groups is 1. The molecule has 0 aliphatic heterocycles. The standard InChI is InChI=1S/C16H18N2O7S/c1-4-25-11-5-7-12(8-6-11)26(21,22)17-13-9-16(24-3)14(18(19)20)10-15(13)23-2/h5-10,17H,4H2,1-3H3. The first-order valence-electron chi connectivity index (χ1n) is 7.48. The van der Waals surface area contributed by atoms with Crippen LogP contribution in [-0.4, -0.2) is 34.2 Å². The van der Waals surface area contributed by atoms with Gasteiger partial charge in [-0.15, -0.1) is 0 Å². The molecule has 2 rings (SSSR count). The highest BCUT2D eigenvalue weighted by molar-refractivity contribution is 7.92. The van der Waals surface area contributed by atoms with Gasteiger partial charge in [0.25, 0.3) is 10.0 Å². The zero-order valence-electron chi connectivity index (χ0n) is 14.4. The third kappa shape index (κ3) is 4.14. The second kappa shape index (κ2) is 7.91. The fourth-order valence-corrected chi connectivity index (χ4v) is 3.25. The van der Waals surface area contributed by atoms with Crippen LogP contribution in [0.4, 0.5) is 11.4 Å². The maximum Gasteiger partial charge on any atom is 0.314 e. The Hall–Kier alpha value is -3.01. The number of hydrogen-bond acceptors (Lipinski definition) is 7. The van der Waals surface area contributed by atoms with Crippen molar-refractivity contribution in [3.8, 4) is 17.2 Å². The Bertz CT molecular complexity index is 896. The first kappa shape index (κ1) is 19.3. The van der Waals surface area contributed by atoms with Crippen molar-refractivity contribution in [3.63, 3.8) is 0 Å². The van der Waals surface area contributed by atoms with Gasteiger partial charge < -0.3 is 14.2 Å². The molecule has 0 saturated carbocycles. The van der Waals surface area contributed by atoms with E-state index in [1.807, 2.05) is 6.92 Å². The van der Waals surface area contributed by atoms with Crippen LogP contribution in [0.1, 0.15) is 6.92 Å². The number of nitrogens with zero attached hydrogens (tertiary/aromatic N) is 1. The molecule has 0 unspecified atom stereocenters. The van der Waals surface area contributed by atoms with Crippen molar-refractivity contribution < 1.29 is 27.6 Å². The van der Waals surface area contributed by atoms with Crippen LogP contribution in [0.25, 0.3) is 0 Å². The highest BCUT2D eigenvalue weighted by Gasteiger charge is 2.23. The van der Waals surface area contributed by atoms with E-state index >= 15 is 0 Å². The van der Waals surface area contributed by atoms with E-state index in [0.717, 1.165) is 6.07 Å². The zero-order chi connectivity index (χ0) is 19.3. The quantitative estimate of drug-likeness (QED) is 0.551. The second-order valence-corrected chi connectivity index (χ2v) is 6.67. The lowest BCUT2D eigenvalue weighted by Crippen LogP contribution is -2.14. The van der Waals surface area contributed by atoms with Gasteiger partial charge in [-0.25, -0.2) is 8.42 Å². The molecule has 0 atom stereocenters. The molecular weight excluding hydrogens is 364 g/mol. The molecule has 26 heavy (non-hydrogen) atoms. The van der Waals surface area contributed by atoms with Crippen LogP contribution in [0.5, 0.6) is 17.2 Å². The van der Waals surface area contributed by atoms with E-state index < -0.39 is 14.9 Å². The minimum absolute atomic E-state index is 0.000302. The molecule has 0 spiro atoms. The average Bonchev–Trinajstić information content (AvgIpc) is 2.61. The Morgan fingerprint density at radius 2 is 1.69 bits per heavy atom. The van der Waals surface area contributed by atoms with Gasteiger partial charge in [-0.1, -0.05) is 0 Å². The summed E-state index contributed by atoms with van der Waals surface area (Å²) in [7, 11) is -1.42. The number of nitrogens with one attached hydrogen (secondary N) is 1. The Morgan fingerprint density at radius 3 is 2.19 bits per heavy atom. The highest BCUT2D eigenvalue weighted by Crippen LogP contribution is 2.38. The van der Waals surface area contributed by atoms with E-state index in [9.17, 15) is 18.5 Å². The molecule has 0 aromatic heterocycles. The summed E-state index contributed by atoms with van der Waals surface area (Å²) in [5.41, 5.74) is -0.322. The van der Waals surface area contributed by atoms with Gasteiger partial charge in [-0.05, 0) is 31.2 Å². The Balaban J connectivity index is 2.40. The average molecular weight is 382 g/mol. The van der Waals surface area contributed by atoms with Crippen LogP contribution in [0.2, 0.25) is 0 Å². The van der Waals surface area contributed by atoms with Crippen LogP contribution >= 0.6 is 0 Å². The van der Waals surface area contributed by atoms with Crippen molar-refractivity contribution >= 4 is 21.4 Å². The van der Waals surface area contributed by atoms with E-state index in [1.165, 1.54) is 44.6 Å². The molecule has 0 fully saturated rings. The van der Waals surface area contributed by atoms with E-state index in [-0.39, 0.29) is 27.8 Å². The number of rotatable bonds is 8. The van der Waals surface area contributed by atoms with Gasteiger partial charge in [0.05, 0.1) is 42.4 Å². The van der Waals surface area contributed by atoms with E-state index in [1.54, 1.807) is 0 Å². The molecule has 2 aromatic rings. The minimum Gasteiger partial charge on any atom is -0.494 e. The van der Waals surface area contributed by atoms with Gasteiger partial charge in [0, 0.05) is 6.07 Å². The maximum atomic E-state index is 12.6. The second-order valence-electron chi connectivity index (χ2n) is 4.99. The van der Waals surface area contributed by atoms with Crippen molar-refractivity contribution in [3.05, 3.63) is 46.5 Å². The summed E-state index contributed by atoms with van der Waals surface area (Å²) in [5.74, 6) is 0.438. The largest absolute Gasteiger partial charge is 0.494 e. The van der Waals surface area contributed by atoms with Crippen LogP contribution in [0.15, 0.2) is 41.3 Å².